The van der Waals surface area contributed by atoms with Crippen LogP contribution < -0.4 is 5.32 Å². The molecule has 1 atom stereocenters. The number of aromatic hydroxyl groups is 1. The number of para-hydroxylation sites is 1. The first kappa shape index (κ1) is 16.1. The molecule has 124 valence electrons. The fraction of sp³-hybridized carbons (Fsp3) is 0.263. The van der Waals surface area contributed by atoms with Crippen LogP contribution in [0.5, 0.6) is 5.75 Å². The molecule has 2 aromatic carbocycles. The first-order chi connectivity index (χ1) is 11.5. The van der Waals surface area contributed by atoms with Gasteiger partial charge in [0.05, 0.1) is 0 Å². The molecule has 2 amide bonds. The van der Waals surface area contributed by atoms with E-state index in [0.717, 1.165) is 16.8 Å². The summed E-state index contributed by atoms with van der Waals surface area (Å²) in [5.74, 6) is 0.0625. The van der Waals surface area contributed by atoms with Gasteiger partial charge in [-0.2, -0.15) is 0 Å². The smallest absolute Gasteiger partial charge is 0.225 e. The maximum Gasteiger partial charge on any atom is 0.225 e. The van der Waals surface area contributed by atoms with Crippen LogP contribution in [0, 0.1) is 0 Å². The fourth-order valence-corrected chi connectivity index (χ4v) is 3.01. The molecule has 2 aromatic rings. The summed E-state index contributed by atoms with van der Waals surface area (Å²) in [7, 11) is 1.75. The monoisotopic (exact) mass is 324 g/mol. The number of nitrogens with one attached hydrogen (secondary N) is 1. The average molecular weight is 324 g/mol. The molecule has 1 aliphatic heterocycles. The largest absolute Gasteiger partial charge is 0.508 e. The third kappa shape index (κ3) is 3.56. The van der Waals surface area contributed by atoms with Crippen molar-refractivity contribution in [2.24, 2.45) is 0 Å². The summed E-state index contributed by atoms with van der Waals surface area (Å²) in [5, 5.41) is 12.2. The van der Waals surface area contributed by atoms with Crippen LogP contribution in [0.25, 0.3) is 0 Å². The van der Waals surface area contributed by atoms with Crippen molar-refractivity contribution in [3.05, 3.63) is 59.7 Å². The van der Waals surface area contributed by atoms with Crippen molar-refractivity contribution in [3.63, 3.8) is 0 Å². The molecule has 0 saturated carbocycles. The molecule has 0 saturated heterocycles. The van der Waals surface area contributed by atoms with E-state index in [1.165, 1.54) is 0 Å². The number of phenolic OH excluding ortho intramolecular Hbond substituents is 1. The highest BCUT2D eigenvalue weighted by Gasteiger charge is 2.27. The van der Waals surface area contributed by atoms with Gasteiger partial charge in [0.2, 0.25) is 11.8 Å². The fourth-order valence-electron chi connectivity index (χ4n) is 3.01. The lowest BCUT2D eigenvalue weighted by Crippen LogP contribution is -2.30. The highest BCUT2D eigenvalue weighted by molar-refractivity contribution is 5.95. The summed E-state index contributed by atoms with van der Waals surface area (Å²) in [5.41, 5.74) is 2.77. The maximum absolute atomic E-state index is 12.5. The summed E-state index contributed by atoms with van der Waals surface area (Å²) in [6.45, 7) is 0.472. The number of fused-ring (bicyclic) bond motifs is 1. The Morgan fingerprint density at radius 2 is 1.92 bits per heavy atom. The van der Waals surface area contributed by atoms with Crippen LogP contribution >= 0.6 is 0 Å². The second kappa shape index (κ2) is 6.74. The van der Waals surface area contributed by atoms with E-state index in [0.29, 0.717) is 19.4 Å². The third-order valence-electron chi connectivity index (χ3n) is 4.31. The lowest BCUT2D eigenvalue weighted by atomic mass is 9.87. The highest BCUT2D eigenvalue weighted by Crippen LogP contribution is 2.34. The molecule has 0 aromatic heterocycles. The molecular formula is C19H20N2O3. The Hall–Kier alpha value is -2.82. The third-order valence-corrected chi connectivity index (χ3v) is 4.31. The minimum absolute atomic E-state index is 0.00224. The number of hydrogen-bond donors (Lipinski definition) is 2. The van der Waals surface area contributed by atoms with Gasteiger partial charge in [-0.05, 0) is 29.3 Å². The van der Waals surface area contributed by atoms with Crippen molar-refractivity contribution < 1.29 is 14.7 Å². The Kier molecular flexibility index (Phi) is 4.51. The Balaban J connectivity index is 1.68. The first-order valence-corrected chi connectivity index (χ1v) is 7.93. The number of nitrogens with zero attached hydrogens (tertiary/aromatic N) is 1. The second-order valence-electron chi connectivity index (χ2n) is 6.16. The molecule has 0 fully saturated rings. The van der Waals surface area contributed by atoms with E-state index in [9.17, 15) is 14.7 Å². The highest BCUT2D eigenvalue weighted by atomic mass is 16.3. The summed E-state index contributed by atoms with van der Waals surface area (Å²) in [6, 6.07) is 14.4. The van der Waals surface area contributed by atoms with Crippen molar-refractivity contribution in [3.8, 4) is 5.75 Å². The van der Waals surface area contributed by atoms with Gasteiger partial charge in [-0.3, -0.25) is 9.59 Å². The van der Waals surface area contributed by atoms with Gasteiger partial charge in [0.1, 0.15) is 5.75 Å². The standard InChI is InChI=1S/C19H20N2O3/c1-21(12-13-6-8-15(22)9-7-13)19(24)11-14-10-18(23)20-17-5-3-2-4-16(14)17/h2-9,14,22H,10-12H2,1H3,(H,20,23). The molecule has 1 aliphatic rings. The van der Waals surface area contributed by atoms with Gasteiger partial charge in [0, 0.05) is 38.0 Å². The van der Waals surface area contributed by atoms with Gasteiger partial charge in [-0.25, -0.2) is 0 Å². The van der Waals surface area contributed by atoms with Crippen molar-refractivity contribution in [1.82, 2.24) is 4.90 Å². The minimum atomic E-state index is -0.0929. The van der Waals surface area contributed by atoms with Crippen molar-refractivity contribution in [1.29, 1.82) is 0 Å². The molecule has 0 spiro atoms. The molecule has 2 N–H and O–H groups in total. The van der Waals surface area contributed by atoms with E-state index in [2.05, 4.69) is 5.32 Å². The SMILES string of the molecule is CN(Cc1ccc(O)cc1)C(=O)CC1CC(=O)Nc2ccccc21. The Morgan fingerprint density at radius 1 is 1.21 bits per heavy atom. The zero-order valence-corrected chi connectivity index (χ0v) is 13.5. The second-order valence-corrected chi connectivity index (χ2v) is 6.16. The van der Waals surface area contributed by atoms with Crippen molar-refractivity contribution in [2.75, 3.05) is 12.4 Å². The zero-order valence-electron chi connectivity index (χ0n) is 13.5. The number of phenols is 1. The van der Waals surface area contributed by atoms with Crippen LogP contribution in [0.1, 0.15) is 29.9 Å². The van der Waals surface area contributed by atoms with Gasteiger partial charge >= 0.3 is 0 Å². The molecule has 0 bridgehead atoms. The van der Waals surface area contributed by atoms with E-state index >= 15 is 0 Å². The molecule has 1 heterocycles. The Bertz CT molecular complexity index is 755. The van der Waals surface area contributed by atoms with E-state index in [1.807, 2.05) is 24.3 Å². The molecule has 1 unspecified atom stereocenters. The summed E-state index contributed by atoms with van der Waals surface area (Å²) >= 11 is 0. The molecule has 5 nitrogen and oxygen atoms in total. The summed E-state index contributed by atoms with van der Waals surface area (Å²) < 4.78 is 0. The molecule has 5 heteroatoms. The molecule has 3 rings (SSSR count). The first-order valence-electron chi connectivity index (χ1n) is 7.93. The van der Waals surface area contributed by atoms with Crippen molar-refractivity contribution in [2.45, 2.75) is 25.3 Å². The molecule has 0 aliphatic carbocycles. The number of carbonyl (C=O) groups excluding carboxylic acids is 2. The van der Waals surface area contributed by atoms with Gasteiger partial charge in [0.25, 0.3) is 0 Å². The zero-order chi connectivity index (χ0) is 17.1. The van der Waals surface area contributed by atoms with E-state index in [1.54, 1.807) is 36.2 Å². The van der Waals surface area contributed by atoms with E-state index < -0.39 is 0 Å². The van der Waals surface area contributed by atoms with Gasteiger partial charge in [-0.15, -0.1) is 0 Å². The van der Waals surface area contributed by atoms with Crippen molar-refractivity contribution >= 4 is 17.5 Å². The predicted molar refractivity (Wildman–Crippen MR) is 91.6 cm³/mol. The molecule has 24 heavy (non-hydrogen) atoms. The lowest BCUT2D eigenvalue weighted by molar-refractivity contribution is -0.131. The number of amides is 2. The average Bonchev–Trinajstić information content (AvgIpc) is 2.56. The number of carbonyl (C=O) groups is 2. The van der Waals surface area contributed by atoms with Crippen LogP contribution in [0.3, 0.4) is 0 Å². The molecule has 0 radical (unpaired) electrons. The summed E-state index contributed by atoms with van der Waals surface area (Å²) in [4.78, 5) is 26.0. The Morgan fingerprint density at radius 3 is 2.67 bits per heavy atom. The quantitative estimate of drug-likeness (QED) is 0.908. The van der Waals surface area contributed by atoms with Crippen LogP contribution in [0.4, 0.5) is 5.69 Å². The van der Waals surface area contributed by atoms with Gasteiger partial charge in [-0.1, -0.05) is 30.3 Å². The Labute approximate surface area is 140 Å². The number of benzene rings is 2. The van der Waals surface area contributed by atoms with Crippen LogP contribution in [-0.2, 0) is 16.1 Å². The maximum atomic E-state index is 12.5. The van der Waals surface area contributed by atoms with E-state index in [4.69, 9.17) is 0 Å². The van der Waals surface area contributed by atoms with Gasteiger partial charge < -0.3 is 15.3 Å². The lowest BCUT2D eigenvalue weighted by Gasteiger charge is -2.27. The van der Waals surface area contributed by atoms with Crippen LogP contribution in [-0.4, -0.2) is 28.9 Å². The predicted octanol–water partition coefficient (Wildman–Crippen LogP) is 2.87. The summed E-state index contributed by atoms with van der Waals surface area (Å²) in [6.07, 6.45) is 0.634. The van der Waals surface area contributed by atoms with Crippen LogP contribution in [0.2, 0.25) is 0 Å². The normalized spacial score (nSPS) is 16.2. The number of hydrogen-bond acceptors (Lipinski definition) is 3. The van der Waals surface area contributed by atoms with Gasteiger partial charge in [0.15, 0.2) is 0 Å². The topological polar surface area (TPSA) is 69.6 Å². The number of anilines is 1. The number of rotatable bonds is 4. The van der Waals surface area contributed by atoms with Crippen LogP contribution in [0.15, 0.2) is 48.5 Å². The minimum Gasteiger partial charge on any atom is -0.508 e. The molecular weight excluding hydrogens is 304 g/mol. The van der Waals surface area contributed by atoms with E-state index in [-0.39, 0.29) is 23.5 Å².